The molecule has 1 atom stereocenters. The maximum atomic E-state index is 13.5. The molecule has 1 saturated heterocycles. The standard InChI is InChI=1S/C12H19FO4/c1-11(2,13)10(14)17-9-5-3-4-6-12(9)15-7-8-16-12/h9H,3-8H2,1-2H3. The van der Waals surface area contributed by atoms with Crippen LogP contribution in [0.3, 0.4) is 0 Å². The van der Waals surface area contributed by atoms with Gasteiger partial charge in [-0.3, -0.25) is 0 Å². The smallest absolute Gasteiger partial charge is 0.343 e. The van der Waals surface area contributed by atoms with Gasteiger partial charge in [-0.05, 0) is 33.1 Å². The molecule has 4 nitrogen and oxygen atoms in total. The molecule has 1 heterocycles. The van der Waals surface area contributed by atoms with Gasteiger partial charge in [-0.1, -0.05) is 0 Å². The van der Waals surface area contributed by atoms with Crippen LogP contribution in [0, 0.1) is 0 Å². The molecular formula is C12H19FO4. The van der Waals surface area contributed by atoms with Crippen LogP contribution < -0.4 is 0 Å². The fourth-order valence-corrected chi connectivity index (χ4v) is 2.30. The van der Waals surface area contributed by atoms with Gasteiger partial charge in [0.15, 0.2) is 6.10 Å². The monoisotopic (exact) mass is 246 g/mol. The van der Waals surface area contributed by atoms with E-state index in [1.54, 1.807) is 0 Å². The molecule has 1 aliphatic carbocycles. The molecule has 1 unspecified atom stereocenters. The highest BCUT2D eigenvalue weighted by Gasteiger charge is 2.49. The van der Waals surface area contributed by atoms with Crippen LogP contribution in [-0.2, 0) is 19.0 Å². The average Bonchev–Trinajstić information content (AvgIpc) is 2.70. The van der Waals surface area contributed by atoms with E-state index in [1.165, 1.54) is 13.8 Å². The van der Waals surface area contributed by atoms with Crippen molar-refractivity contribution in [3.8, 4) is 0 Å². The number of hydrogen-bond donors (Lipinski definition) is 0. The lowest BCUT2D eigenvalue weighted by Gasteiger charge is -2.38. The zero-order valence-electron chi connectivity index (χ0n) is 10.3. The maximum absolute atomic E-state index is 13.5. The van der Waals surface area contributed by atoms with Crippen LogP contribution in [0.5, 0.6) is 0 Å². The molecule has 1 aliphatic heterocycles. The molecule has 0 N–H and O–H groups in total. The quantitative estimate of drug-likeness (QED) is 0.699. The van der Waals surface area contributed by atoms with Crippen LogP contribution in [0.25, 0.3) is 0 Å². The van der Waals surface area contributed by atoms with Gasteiger partial charge in [0.2, 0.25) is 11.5 Å². The van der Waals surface area contributed by atoms with Crippen molar-refractivity contribution in [2.75, 3.05) is 13.2 Å². The van der Waals surface area contributed by atoms with Gasteiger partial charge in [0, 0.05) is 6.42 Å². The van der Waals surface area contributed by atoms with Crippen LogP contribution in [-0.4, -0.2) is 36.7 Å². The Balaban J connectivity index is 2.05. The summed E-state index contributed by atoms with van der Waals surface area (Å²) in [6.07, 6.45) is 2.81. The summed E-state index contributed by atoms with van der Waals surface area (Å²) in [4.78, 5) is 11.6. The Morgan fingerprint density at radius 2 is 2.00 bits per heavy atom. The first kappa shape index (κ1) is 12.8. The molecule has 0 aromatic heterocycles. The van der Waals surface area contributed by atoms with Crippen molar-refractivity contribution < 1.29 is 23.4 Å². The third-order valence-corrected chi connectivity index (χ3v) is 3.24. The Morgan fingerprint density at radius 1 is 1.35 bits per heavy atom. The molecule has 2 rings (SSSR count). The van der Waals surface area contributed by atoms with Crippen LogP contribution in [0.15, 0.2) is 0 Å². The normalized spacial score (nSPS) is 28.3. The number of hydrogen-bond acceptors (Lipinski definition) is 4. The average molecular weight is 246 g/mol. The molecule has 2 fully saturated rings. The van der Waals surface area contributed by atoms with E-state index in [0.29, 0.717) is 26.1 Å². The highest BCUT2D eigenvalue weighted by atomic mass is 19.1. The zero-order valence-corrected chi connectivity index (χ0v) is 10.3. The first-order chi connectivity index (χ1) is 7.94. The Hall–Kier alpha value is -0.680. The number of ether oxygens (including phenoxy) is 3. The van der Waals surface area contributed by atoms with E-state index in [2.05, 4.69) is 0 Å². The van der Waals surface area contributed by atoms with E-state index in [0.717, 1.165) is 12.8 Å². The second-order valence-corrected chi connectivity index (χ2v) is 5.12. The van der Waals surface area contributed by atoms with Crippen molar-refractivity contribution in [1.29, 1.82) is 0 Å². The molecule has 98 valence electrons. The molecule has 0 radical (unpaired) electrons. The lowest BCUT2D eigenvalue weighted by molar-refractivity contribution is -0.249. The van der Waals surface area contributed by atoms with Crippen molar-refractivity contribution in [2.24, 2.45) is 0 Å². The Labute approximate surface area is 100 Å². The molecule has 0 bridgehead atoms. The van der Waals surface area contributed by atoms with E-state index in [-0.39, 0.29) is 0 Å². The van der Waals surface area contributed by atoms with Gasteiger partial charge in [-0.25, -0.2) is 9.18 Å². The van der Waals surface area contributed by atoms with Crippen molar-refractivity contribution >= 4 is 5.97 Å². The van der Waals surface area contributed by atoms with Crippen LogP contribution in [0.2, 0.25) is 0 Å². The Kier molecular flexibility index (Phi) is 3.41. The van der Waals surface area contributed by atoms with Crippen molar-refractivity contribution in [3.05, 3.63) is 0 Å². The predicted molar refractivity (Wildman–Crippen MR) is 58.2 cm³/mol. The number of esters is 1. The summed E-state index contributed by atoms with van der Waals surface area (Å²) >= 11 is 0. The molecule has 0 amide bonds. The fraction of sp³-hybridized carbons (Fsp3) is 0.917. The molecule has 0 aromatic rings. The lowest BCUT2D eigenvalue weighted by Crippen LogP contribution is -2.50. The summed E-state index contributed by atoms with van der Waals surface area (Å²) in [5, 5.41) is 0. The predicted octanol–water partition coefficient (Wildman–Crippen LogP) is 1.96. The topological polar surface area (TPSA) is 44.8 Å². The van der Waals surface area contributed by atoms with Crippen molar-refractivity contribution in [2.45, 2.75) is 57.1 Å². The zero-order chi connectivity index (χ0) is 12.5. The van der Waals surface area contributed by atoms with E-state index >= 15 is 0 Å². The van der Waals surface area contributed by atoms with Crippen LogP contribution in [0.1, 0.15) is 39.5 Å². The van der Waals surface area contributed by atoms with Gasteiger partial charge in [-0.2, -0.15) is 0 Å². The van der Waals surface area contributed by atoms with Gasteiger partial charge in [0.1, 0.15) is 0 Å². The first-order valence-electron chi connectivity index (χ1n) is 6.12. The van der Waals surface area contributed by atoms with Crippen molar-refractivity contribution in [1.82, 2.24) is 0 Å². The van der Waals surface area contributed by atoms with Gasteiger partial charge in [-0.15, -0.1) is 0 Å². The minimum absolute atomic E-state index is 0.485. The lowest BCUT2D eigenvalue weighted by atomic mass is 9.91. The molecule has 2 aliphatic rings. The number of alkyl halides is 1. The number of rotatable bonds is 2. The second-order valence-electron chi connectivity index (χ2n) is 5.12. The molecule has 1 saturated carbocycles. The summed E-state index contributed by atoms with van der Waals surface area (Å²) in [6.45, 7) is 3.41. The Bertz CT molecular complexity index is 291. The molecule has 5 heteroatoms. The van der Waals surface area contributed by atoms with E-state index in [4.69, 9.17) is 14.2 Å². The summed E-state index contributed by atoms with van der Waals surface area (Å²) < 4.78 is 29.9. The Morgan fingerprint density at radius 3 is 2.59 bits per heavy atom. The molecule has 1 spiro atoms. The fourth-order valence-electron chi connectivity index (χ4n) is 2.30. The minimum atomic E-state index is -1.97. The van der Waals surface area contributed by atoms with Gasteiger partial charge in [0.25, 0.3) is 0 Å². The number of halogens is 1. The molecule has 0 aromatic carbocycles. The van der Waals surface area contributed by atoms with Crippen molar-refractivity contribution in [3.63, 3.8) is 0 Å². The number of carbonyl (C=O) groups is 1. The van der Waals surface area contributed by atoms with Gasteiger partial charge >= 0.3 is 5.97 Å². The third kappa shape index (κ3) is 2.60. The summed E-state index contributed by atoms with van der Waals surface area (Å²) in [5.41, 5.74) is -1.97. The van der Waals surface area contributed by atoms with Gasteiger partial charge < -0.3 is 14.2 Å². The minimum Gasteiger partial charge on any atom is -0.454 e. The highest BCUT2D eigenvalue weighted by molar-refractivity contribution is 5.78. The van der Waals surface area contributed by atoms with E-state index in [1.807, 2.05) is 0 Å². The summed E-state index contributed by atoms with van der Waals surface area (Å²) in [7, 11) is 0. The van der Waals surface area contributed by atoms with Crippen LogP contribution >= 0.6 is 0 Å². The van der Waals surface area contributed by atoms with Gasteiger partial charge in [0.05, 0.1) is 13.2 Å². The largest absolute Gasteiger partial charge is 0.454 e. The van der Waals surface area contributed by atoms with Crippen LogP contribution in [0.4, 0.5) is 4.39 Å². The molecular weight excluding hydrogens is 227 g/mol. The summed E-state index contributed by atoms with van der Waals surface area (Å²) in [5.74, 6) is -1.66. The van der Waals surface area contributed by atoms with E-state index < -0.39 is 23.5 Å². The molecule has 17 heavy (non-hydrogen) atoms. The maximum Gasteiger partial charge on any atom is 0.343 e. The highest BCUT2D eigenvalue weighted by Crippen LogP contribution is 2.38. The third-order valence-electron chi connectivity index (χ3n) is 3.24. The SMILES string of the molecule is CC(C)(F)C(=O)OC1CCCCC12OCCO2. The number of carbonyl (C=O) groups excluding carboxylic acids is 1. The first-order valence-corrected chi connectivity index (χ1v) is 6.12. The van der Waals surface area contributed by atoms with E-state index in [9.17, 15) is 9.18 Å². The second kappa shape index (κ2) is 4.53. The summed E-state index contributed by atoms with van der Waals surface area (Å²) in [6, 6.07) is 0.